The number of rotatable bonds is 2. The summed E-state index contributed by atoms with van der Waals surface area (Å²) in [5.74, 6) is -0.363. The number of hydrogen-bond donors (Lipinski definition) is 1. The first-order chi connectivity index (χ1) is 9.57. The second-order valence-corrected chi connectivity index (χ2v) is 7.04. The van der Waals surface area contributed by atoms with Crippen LogP contribution in [-0.2, 0) is 16.1 Å². The zero-order chi connectivity index (χ0) is 16.0. The Morgan fingerprint density at radius 3 is 2.14 bits per heavy atom. The fourth-order valence-electron chi connectivity index (χ4n) is 2.32. The molecule has 2 rings (SSSR count). The fraction of sp³-hybridized carbons (Fsp3) is 0.467. The highest BCUT2D eigenvalue weighted by Gasteiger charge is 2.50. The fourth-order valence-corrected chi connectivity index (χ4v) is 2.83. The van der Waals surface area contributed by atoms with E-state index in [0.29, 0.717) is 15.6 Å². The quantitative estimate of drug-likeness (QED) is 0.907. The van der Waals surface area contributed by atoms with Gasteiger partial charge >= 0.3 is 0 Å². The van der Waals surface area contributed by atoms with Gasteiger partial charge in [0.2, 0.25) is 11.8 Å². The Morgan fingerprint density at radius 2 is 1.62 bits per heavy atom. The molecule has 1 aliphatic rings. The monoisotopic (exact) mass is 328 g/mol. The first-order valence-electron chi connectivity index (χ1n) is 6.65. The summed E-state index contributed by atoms with van der Waals surface area (Å²) in [6.07, 6.45) is 0. The Kier molecular flexibility index (Phi) is 3.98. The van der Waals surface area contributed by atoms with Crippen molar-refractivity contribution < 1.29 is 9.59 Å². The molecular weight excluding hydrogens is 311 g/mol. The number of carbonyl (C=O) groups excluding carboxylic acids is 2. The third kappa shape index (κ3) is 2.74. The van der Waals surface area contributed by atoms with Crippen LogP contribution in [0.5, 0.6) is 0 Å². The second kappa shape index (κ2) is 5.18. The summed E-state index contributed by atoms with van der Waals surface area (Å²) < 4.78 is 0. The van der Waals surface area contributed by atoms with Crippen molar-refractivity contribution in [3.05, 3.63) is 33.8 Å². The van der Waals surface area contributed by atoms with Gasteiger partial charge in [0.05, 0.1) is 0 Å². The third-order valence-electron chi connectivity index (χ3n) is 3.81. The summed E-state index contributed by atoms with van der Waals surface area (Å²) in [6, 6.07) is 5.18. The SMILES string of the molecule is CC1(C)NC(=O)C(C)(C)N(Cc2c(Cl)cccc2Cl)C1=O. The number of hydrogen-bond acceptors (Lipinski definition) is 2. The van der Waals surface area contributed by atoms with E-state index in [4.69, 9.17) is 23.2 Å². The largest absolute Gasteiger partial charge is 0.340 e. The molecule has 21 heavy (non-hydrogen) atoms. The van der Waals surface area contributed by atoms with Crippen LogP contribution in [0.1, 0.15) is 33.3 Å². The molecule has 0 unspecified atom stereocenters. The lowest BCUT2D eigenvalue weighted by Crippen LogP contribution is -2.71. The maximum absolute atomic E-state index is 12.7. The van der Waals surface area contributed by atoms with Crippen LogP contribution in [-0.4, -0.2) is 27.8 Å². The standard InChI is InChI=1S/C15H18Cl2N2O2/c1-14(2)13(21)19(15(3,4)12(20)18-14)8-9-10(16)6-5-7-11(9)17/h5-7H,8H2,1-4H3,(H,18,20). The molecule has 2 amide bonds. The van der Waals surface area contributed by atoms with Gasteiger partial charge in [0.25, 0.3) is 0 Å². The average Bonchev–Trinajstić information content (AvgIpc) is 2.35. The lowest BCUT2D eigenvalue weighted by molar-refractivity contribution is -0.160. The second-order valence-electron chi connectivity index (χ2n) is 6.23. The van der Waals surface area contributed by atoms with Gasteiger partial charge in [0, 0.05) is 22.2 Å². The molecule has 0 spiro atoms. The molecule has 6 heteroatoms. The topological polar surface area (TPSA) is 49.4 Å². The van der Waals surface area contributed by atoms with Crippen LogP contribution in [0.25, 0.3) is 0 Å². The minimum absolute atomic E-state index is 0.164. The molecule has 1 saturated heterocycles. The van der Waals surface area contributed by atoms with E-state index in [0.717, 1.165) is 0 Å². The van der Waals surface area contributed by atoms with E-state index in [-0.39, 0.29) is 18.4 Å². The normalized spacial score (nSPS) is 20.4. The van der Waals surface area contributed by atoms with Gasteiger partial charge in [-0.1, -0.05) is 29.3 Å². The summed E-state index contributed by atoms with van der Waals surface area (Å²) in [7, 11) is 0. The molecule has 0 aromatic heterocycles. The number of carbonyl (C=O) groups is 2. The molecule has 1 heterocycles. The smallest absolute Gasteiger partial charge is 0.248 e. The minimum Gasteiger partial charge on any atom is -0.340 e. The maximum atomic E-state index is 12.7. The number of piperazine rings is 1. The predicted molar refractivity (Wildman–Crippen MR) is 83.3 cm³/mol. The van der Waals surface area contributed by atoms with Gasteiger partial charge in [0.15, 0.2) is 0 Å². The number of halogens is 2. The van der Waals surface area contributed by atoms with E-state index in [2.05, 4.69) is 5.32 Å². The van der Waals surface area contributed by atoms with Crippen molar-refractivity contribution in [1.29, 1.82) is 0 Å². The molecule has 0 atom stereocenters. The summed E-state index contributed by atoms with van der Waals surface area (Å²) in [4.78, 5) is 26.5. The van der Waals surface area contributed by atoms with Gasteiger partial charge < -0.3 is 10.2 Å². The van der Waals surface area contributed by atoms with Crippen molar-refractivity contribution in [2.45, 2.75) is 45.3 Å². The van der Waals surface area contributed by atoms with Crippen molar-refractivity contribution in [1.82, 2.24) is 10.2 Å². The molecule has 1 aromatic carbocycles. The van der Waals surface area contributed by atoms with Crippen molar-refractivity contribution in [3.63, 3.8) is 0 Å². The van der Waals surface area contributed by atoms with Gasteiger partial charge in [-0.25, -0.2) is 0 Å². The first-order valence-corrected chi connectivity index (χ1v) is 7.40. The van der Waals surface area contributed by atoms with E-state index < -0.39 is 11.1 Å². The van der Waals surface area contributed by atoms with Gasteiger partial charge in [-0.15, -0.1) is 0 Å². The van der Waals surface area contributed by atoms with Crippen LogP contribution in [0, 0.1) is 0 Å². The Balaban J connectivity index is 2.44. The zero-order valence-corrected chi connectivity index (χ0v) is 14.0. The van der Waals surface area contributed by atoms with E-state index in [1.165, 1.54) is 4.90 Å². The Labute approximate surface area is 134 Å². The van der Waals surface area contributed by atoms with Gasteiger partial charge in [-0.3, -0.25) is 9.59 Å². The highest BCUT2D eigenvalue weighted by Crippen LogP contribution is 2.32. The number of benzene rings is 1. The Hall–Kier alpha value is -1.26. The molecule has 0 bridgehead atoms. The van der Waals surface area contributed by atoms with Gasteiger partial charge in [0.1, 0.15) is 11.1 Å². The molecule has 1 aromatic rings. The molecule has 114 valence electrons. The van der Waals surface area contributed by atoms with E-state index in [1.807, 2.05) is 0 Å². The third-order valence-corrected chi connectivity index (χ3v) is 4.52. The molecule has 1 N–H and O–H groups in total. The van der Waals surface area contributed by atoms with Crippen molar-refractivity contribution in [2.75, 3.05) is 0 Å². The lowest BCUT2D eigenvalue weighted by Gasteiger charge is -2.47. The summed E-state index contributed by atoms with van der Waals surface area (Å²) in [5, 5.41) is 3.71. The molecule has 4 nitrogen and oxygen atoms in total. The maximum Gasteiger partial charge on any atom is 0.248 e. The number of nitrogens with one attached hydrogen (secondary N) is 1. The van der Waals surface area contributed by atoms with Crippen molar-refractivity contribution >= 4 is 35.0 Å². The van der Waals surface area contributed by atoms with E-state index >= 15 is 0 Å². The van der Waals surface area contributed by atoms with Gasteiger partial charge in [-0.05, 0) is 39.8 Å². The highest BCUT2D eigenvalue weighted by atomic mass is 35.5. The van der Waals surface area contributed by atoms with Crippen LogP contribution >= 0.6 is 23.2 Å². The predicted octanol–water partition coefficient (Wildman–Crippen LogP) is 3.01. The molecule has 0 saturated carbocycles. The summed E-state index contributed by atoms with van der Waals surface area (Å²) in [6.45, 7) is 6.98. The average molecular weight is 329 g/mol. The Morgan fingerprint density at radius 1 is 1.10 bits per heavy atom. The minimum atomic E-state index is -0.963. The highest BCUT2D eigenvalue weighted by molar-refractivity contribution is 6.36. The molecule has 1 fully saturated rings. The van der Waals surface area contributed by atoms with Crippen LogP contribution in [0.2, 0.25) is 10.0 Å². The summed E-state index contributed by atoms with van der Waals surface area (Å²) in [5.41, 5.74) is -1.26. The van der Waals surface area contributed by atoms with Crippen LogP contribution in [0.3, 0.4) is 0 Å². The first kappa shape index (κ1) is 16.1. The van der Waals surface area contributed by atoms with Crippen molar-refractivity contribution in [3.8, 4) is 0 Å². The van der Waals surface area contributed by atoms with E-state index in [1.54, 1.807) is 45.9 Å². The zero-order valence-electron chi connectivity index (χ0n) is 12.5. The number of amides is 2. The van der Waals surface area contributed by atoms with E-state index in [9.17, 15) is 9.59 Å². The van der Waals surface area contributed by atoms with Crippen LogP contribution in [0.4, 0.5) is 0 Å². The van der Waals surface area contributed by atoms with Crippen LogP contribution in [0.15, 0.2) is 18.2 Å². The number of nitrogens with zero attached hydrogens (tertiary/aromatic N) is 1. The summed E-state index contributed by atoms with van der Waals surface area (Å²) >= 11 is 12.3. The molecule has 1 aliphatic heterocycles. The Bertz CT molecular complexity index is 591. The lowest BCUT2D eigenvalue weighted by atomic mass is 9.89. The molecular formula is C15H18Cl2N2O2. The molecule has 0 radical (unpaired) electrons. The molecule has 0 aliphatic carbocycles. The van der Waals surface area contributed by atoms with Crippen LogP contribution < -0.4 is 5.32 Å². The van der Waals surface area contributed by atoms with Gasteiger partial charge in [-0.2, -0.15) is 0 Å². The van der Waals surface area contributed by atoms with Crippen molar-refractivity contribution in [2.24, 2.45) is 0 Å².